The molecule has 2 unspecified atom stereocenters. The fraction of sp³-hybridized carbons (Fsp3) is 0.364. The molecule has 3 heteroatoms. The minimum atomic E-state index is -0.277. The average molecular weight is 192 g/mol. The first-order valence-electron chi connectivity index (χ1n) is 4.60. The number of allylic oxidation sites excluding steroid dienone is 1. The van der Waals surface area contributed by atoms with E-state index in [0.29, 0.717) is 11.3 Å². The van der Waals surface area contributed by atoms with Gasteiger partial charge < -0.3 is 9.15 Å². The van der Waals surface area contributed by atoms with Gasteiger partial charge in [0, 0.05) is 5.57 Å². The molecule has 1 aliphatic heterocycles. The van der Waals surface area contributed by atoms with Gasteiger partial charge in [-0.3, -0.25) is 4.79 Å². The zero-order chi connectivity index (χ0) is 10.1. The number of carbonyl (C=O) groups is 1. The molecule has 1 aliphatic rings. The number of rotatable bonds is 1. The fourth-order valence-corrected chi connectivity index (χ4v) is 1.61. The van der Waals surface area contributed by atoms with Gasteiger partial charge in [0.05, 0.1) is 18.4 Å². The Morgan fingerprint density at radius 3 is 2.86 bits per heavy atom. The zero-order valence-electron chi connectivity index (χ0n) is 8.19. The van der Waals surface area contributed by atoms with E-state index in [9.17, 15) is 4.79 Å². The van der Waals surface area contributed by atoms with Gasteiger partial charge in [0.2, 0.25) is 0 Å². The Bertz CT molecular complexity index is 362. The summed E-state index contributed by atoms with van der Waals surface area (Å²) >= 11 is 0. The molecule has 14 heavy (non-hydrogen) atoms. The van der Waals surface area contributed by atoms with Crippen molar-refractivity contribution in [2.75, 3.05) is 0 Å². The van der Waals surface area contributed by atoms with Gasteiger partial charge in [0.25, 0.3) is 0 Å². The second kappa shape index (κ2) is 3.33. The summed E-state index contributed by atoms with van der Waals surface area (Å²) in [6.45, 7) is 3.61. The van der Waals surface area contributed by atoms with Crippen molar-refractivity contribution in [3.8, 4) is 0 Å². The quantitative estimate of drug-likeness (QED) is 0.686. The van der Waals surface area contributed by atoms with Gasteiger partial charge in [-0.15, -0.1) is 0 Å². The maximum Gasteiger partial charge on any atom is 0.168 e. The first kappa shape index (κ1) is 9.06. The predicted molar refractivity (Wildman–Crippen MR) is 50.5 cm³/mol. The first-order valence-corrected chi connectivity index (χ1v) is 4.60. The molecule has 0 N–H and O–H groups in total. The van der Waals surface area contributed by atoms with Crippen LogP contribution in [-0.4, -0.2) is 5.78 Å². The van der Waals surface area contributed by atoms with E-state index in [1.165, 1.54) is 6.26 Å². The van der Waals surface area contributed by atoms with Gasteiger partial charge in [-0.1, -0.05) is 6.92 Å². The van der Waals surface area contributed by atoms with Crippen LogP contribution in [0.25, 0.3) is 0 Å². The Kier molecular flexibility index (Phi) is 2.15. The van der Waals surface area contributed by atoms with Crippen LogP contribution in [0, 0.1) is 5.92 Å². The van der Waals surface area contributed by atoms with Crippen molar-refractivity contribution in [3.63, 3.8) is 0 Å². The standard InChI is InChI=1S/C11H12O3/c1-7-6-14-11(8(2)10(7)12)9-4-3-5-13-9/h3-6,8,11H,1-2H3. The first-order chi connectivity index (χ1) is 6.70. The summed E-state index contributed by atoms with van der Waals surface area (Å²) in [4.78, 5) is 11.6. The third kappa shape index (κ3) is 1.35. The number of carbonyl (C=O) groups excluding carboxylic acids is 1. The average Bonchev–Trinajstić information content (AvgIpc) is 2.67. The molecule has 0 saturated heterocycles. The van der Waals surface area contributed by atoms with E-state index >= 15 is 0 Å². The topological polar surface area (TPSA) is 39.4 Å². The largest absolute Gasteiger partial charge is 0.489 e. The normalized spacial score (nSPS) is 27.0. The summed E-state index contributed by atoms with van der Waals surface area (Å²) in [5.74, 6) is 0.651. The minimum absolute atomic E-state index is 0.123. The Morgan fingerprint density at radius 2 is 2.21 bits per heavy atom. The molecule has 0 radical (unpaired) electrons. The van der Waals surface area contributed by atoms with E-state index in [1.54, 1.807) is 19.3 Å². The second-order valence-corrected chi connectivity index (χ2v) is 3.53. The van der Waals surface area contributed by atoms with Crippen LogP contribution in [0.5, 0.6) is 0 Å². The van der Waals surface area contributed by atoms with Crippen molar-refractivity contribution in [3.05, 3.63) is 36.0 Å². The van der Waals surface area contributed by atoms with E-state index < -0.39 is 0 Å². The van der Waals surface area contributed by atoms with Crippen molar-refractivity contribution >= 4 is 5.78 Å². The van der Waals surface area contributed by atoms with Crippen LogP contribution >= 0.6 is 0 Å². The molecule has 2 atom stereocenters. The molecular formula is C11H12O3. The third-order valence-electron chi connectivity index (χ3n) is 2.47. The van der Waals surface area contributed by atoms with Crippen LogP contribution in [0.1, 0.15) is 25.7 Å². The van der Waals surface area contributed by atoms with Crippen LogP contribution in [0.2, 0.25) is 0 Å². The molecule has 0 amide bonds. The molecule has 2 heterocycles. The lowest BCUT2D eigenvalue weighted by atomic mass is 9.92. The number of ether oxygens (including phenoxy) is 1. The van der Waals surface area contributed by atoms with Gasteiger partial charge in [-0.2, -0.15) is 0 Å². The van der Waals surface area contributed by atoms with E-state index in [0.717, 1.165) is 0 Å². The minimum Gasteiger partial charge on any atom is -0.489 e. The molecule has 0 spiro atoms. The smallest absolute Gasteiger partial charge is 0.168 e. The number of hydrogen-bond acceptors (Lipinski definition) is 3. The molecule has 2 rings (SSSR count). The third-order valence-corrected chi connectivity index (χ3v) is 2.47. The molecule has 0 fully saturated rings. The molecule has 0 bridgehead atoms. The molecular weight excluding hydrogens is 180 g/mol. The van der Waals surface area contributed by atoms with Gasteiger partial charge >= 0.3 is 0 Å². The van der Waals surface area contributed by atoms with Crippen LogP contribution in [-0.2, 0) is 9.53 Å². The Labute approximate surface area is 82.4 Å². The number of ketones is 1. The molecule has 74 valence electrons. The highest BCUT2D eigenvalue weighted by molar-refractivity contribution is 5.97. The van der Waals surface area contributed by atoms with Crippen molar-refractivity contribution in [1.82, 2.24) is 0 Å². The van der Waals surface area contributed by atoms with Crippen molar-refractivity contribution in [1.29, 1.82) is 0 Å². The summed E-state index contributed by atoms with van der Waals surface area (Å²) < 4.78 is 10.7. The van der Waals surface area contributed by atoms with Gasteiger partial charge in [-0.25, -0.2) is 0 Å². The fourth-order valence-electron chi connectivity index (χ4n) is 1.61. The molecule has 0 aromatic carbocycles. The summed E-state index contributed by atoms with van der Waals surface area (Å²) in [5.41, 5.74) is 0.667. The van der Waals surface area contributed by atoms with Gasteiger partial charge in [0.1, 0.15) is 5.76 Å². The lowest BCUT2D eigenvalue weighted by Gasteiger charge is -2.25. The molecule has 1 aromatic heterocycles. The zero-order valence-corrected chi connectivity index (χ0v) is 8.19. The van der Waals surface area contributed by atoms with Crippen molar-refractivity contribution in [2.24, 2.45) is 5.92 Å². The van der Waals surface area contributed by atoms with Gasteiger partial charge in [-0.05, 0) is 19.1 Å². The predicted octanol–water partition coefficient (Wildman–Crippen LogP) is 2.46. The Hall–Kier alpha value is -1.51. The van der Waals surface area contributed by atoms with E-state index in [2.05, 4.69) is 0 Å². The second-order valence-electron chi connectivity index (χ2n) is 3.53. The monoisotopic (exact) mass is 192 g/mol. The van der Waals surface area contributed by atoms with Crippen LogP contribution in [0.3, 0.4) is 0 Å². The molecule has 0 saturated carbocycles. The maximum atomic E-state index is 11.6. The summed E-state index contributed by atoms with van der Waals surface area (Å²) in [6.07, 6.45) is 2.82. The highest BCUT2D eigenvalue weighted by atomic mass is 16.5. The number of hydrogen-bond donors (Lipinski definition) is 0. The summed E-state index contributed by atoms with van der Waals surface area (Å²) in [7, 11) is 0. The molecule has 1 aromatic rings. The number of Topliss-reactive ketones (excluding diaryl/α,β-unsaturated/α-hetero) is 1. The summed E-state index contributed by atoms with van der Waals surface area (Å²) in [5, 5.41) is 0. The van der Waals surface area contributed by atoms with Crippen molar-refractivity contribution in [2.45, 2.75) is 20.0 Å². The molecule has 0 aliphatic carbocycles. The maximum absolute atomic E-state index is 11.6. The van der Waals surface area contributed by atoms with E-state index in [4.69, 9.17) is 9.15 Å². The highest BCUT2D eigenvalue weighted by Crippen LogP contribution is 2.32. The lowest BCUT2D eigenvalue weighted by molar-refractivity contribution is -0.125. The summed E-state index contributed by atoms with van der Waals surface area (Å²) in [6, 6.07) is 3.62. The lowest BCUT2D eigenvalue weighted by Crippen LogP contribution is -2.25. The van der Waals surface area contributed by atoms with Gasteiger partial charge in [0.15, 0.2) is 11.9 Å². The van der Waals surface area contributed by atoms with E-state index in [1.807, 2.05) is 13.0 Å². The van der Waals surface area contributed by atoms with Crippen molar-refractivity contribution < 1.29 is 13.9 Å². The van der Waals surface area contributed by atoms with Crippen LogP contribution < -0.4 is 0 Å². The Morgan fingerprint density at radius 1 is 1.43 bits per heavy atom. The van der Waals surface area contributed by atoms with E-state index in [-0.39, 0.29) is 17.8 Å². The van der Waals surface area contributed by atoms with Crippen LogP contribution in [0.4, 0.5) is 0 Å². The van der Waals surface area contributed by atoms with Crippen LogP contribution in [0.15, 0.2) is 34.6 Å². The Balaban J connectivity index is 2.28. The molecule has 3 nitrogen and oxygen atoms in total. The number of furan rings is 1. The highest BCUT2D eigenvalue weighted by Gasteiger charge is 2.32. The SMILES string of the molecule is CC1=COC(c2ccco2)C(C)C1=O.